The van der Waals surface area contributed by atoms with Crippen LogP contribution in [0.5, 0.6) is 0 Å². The molecule has 0 unspecified atom stereocenters. The van der Waals surface area contributed by atoms with Crippen molar-refractivity contribution in [3.05, 3.63) is 58.3 Å². The number of amides is 1. The molecule has 132 valence electrons. The van der Waals surface area contributed by atoms with Crippen molar-refractivity contribution in [1.29, 1.82) is 0 Å². The van der Waals surface area contributed by atoms with Gasteiger partial charge in [-0.15, -0.1) is 0 Å². The average Bonchev–Trinajstić information content (AvgIpc) is 2.64. The Kier molecular flexibility index (Phi) is 5.29. The van der Waals surface area contributed by atoms with Crippen LogP contribution in [0.15, 0.2) is 47.5 Å². The van der Waals surface area contributed by atoms with Gasteiger partial charge in [-0.2, -0.15) is 4.31 Å². The topological polar surface area (TPSA) is 70.6 Å². The zero-order chi connectivity index (χ0) is 18.0. The number of nitrogens with zero attached hydrogens (tertiary/aromatic N) is 3. The molecule has 0 atom stereocenters. The van der Waals surface area contributed by atoms with Gasteiger partial charge in [-0.3, -0.25) is 9.78 Å². The van der Waals surface area contributed by atoms with E-state index in [0.29, 0.717) is 5.69 Å². The van der Waals surface area contributed by atoms with Crippen LogP contribution >= 0.6 is 23.2 Å². The van der Waals surface area contributed by atoms with Crippen molar-refractivity contribution in [2.75, 3.05) is 26.2 Å². The van der Waals surface area contributed by atoms with Crippen molar-refractivity contribution in [2.45, 2.75) is 4.90 Å². The predicted molar refractivity (Wildman–Crippen MR) is 95.4 cm³/mol. The van der Waals surface area contributed by atoms with Gasteiger partial charge in [-0.05, 0) is 24.3 Å². The number of pyridine rings is 1. The Morgan fingerprint density at radius 3 is 2.36 bits per heavy atom. The second-order valence-corrected chi connectivity index (χ2v) is 8.15. The van der Waals surface area contributed by atoms with Gasteiger partial charge < -0.3 is 4.90 Å². The second kappa shape index (κ2) is 7.29. The Labute approximate surface area is 156 Å². The molecule has 2 heterocycles. The van der Waals surface area contributed by atoms with E-state index in [9.17, 15) is 13.2 Å². The molecule has 25 heavy (non-hydrogen) atoms. The van der Waals surface area contributed by atoms with Gasteiger partial charge in [0.2, 0.25) is 10.0 Å². The number of halogens is 2. The third kappa shape index (κ3) is 3.64. The Hall–Kier alpha value is -1.67. The first-order valence-electron chi connectivity index (χ1n) is 7.56. The van der Waals surface area contributed by atoms with Crippen LogP contribution in [0.4, 0.5) is 0 Å². The standard InChI is InChI=1S/C16H15Cl2N3O3S/c17-12-4-3-6-14(15(12)18)25(23,24)21-10-8-20(9-11-21)16(22)13-5-1-2-7-19-13/h1-7H,8-11H2. The highest BCUT2D eigenvalue weighted by atomic mass is 35.5. The van der Waals surface area contributed by atoms with Crippen LogP contribution in [-0.4, -0.2) is 54.7 Å². The Bertz CT molecular complexity index is 883. The third-order valence-corrected chi connectivity index (χ3v) is 6.82. The highest BCUT2D eigenvalue weighted by Crippen LogP contribution is 2.31. The first-order chi connectivity index (χ1) is 11.9. The van der Waals surface area contributed by atoms with Gasteiger partial charge in [0.25, 0.3) is 5.91 Å². The molecule has 9 heteroatoms. The minimum atomic E-state index is -3.77. The number of benzene rings is 1. The summed E-state index contributed by atoms with van der Waals surface area (Å²) in [6.45, 7) is 0.938. The maximum Gasteiger partial charge on any atom is 0.272 e. The first kappa shape index (κ1) is 18.1. The molecule has 6 nitrogen and oxygen atoms in total. The molecule has 1 aliphatic rings. The van der Waals surface area contributed by atoms with Crippen molar-refractivity contribution >= 4 is 39.1 Å². The van der Waals surface area contributed by atoms with E-state index in [1.54, 1.807) is 35.4 Å². The van der Waals surface area contributed by atoms with Crippen LogP contribution in [0.25, 0.3) is 0 Å². The fraction of sp³-hybridized carbons (Fsp3) is 0.250. The summed E-state index contributed by atoms with van der Waals surface area (Å²) in [6.07, 6.45) is 1.55. The lowest BCUT2D eigenvalue weighted by Gasteiger charge is -2.34. The van der Waals surface area contributed by atoms with Crippen LogP contribution in [-0.2, 0) is 10.0 Å². The summed E-state index contributed by atoms with van der Waals surface area (Å²) < 4.78 is 26.9. The van der Waals surface area contributed by atoms with E-state index >= 15 is 0 Å². The number of piperazine rings is 1. The van der Waals surface area contributed by atoms with E-state index in [0.717, 1.165) is 0 Å². The minimum Gasteiger partial charge on any atom is -0.335 e. The van der Waals surface area contributed by atoms with E-state index in [-0.39, 0.29) is 47.0 Å². The van der Waals surface area contributed by atoms with Crippen LogP contribution in [0, 0.1) is 0 Å². The number of carbonyl (C=O) groups is 1. The van der Waals surface area contributed by atoms with Crippen LogP contribution in [0.3, 0.4) is 0 Å². The van der Waals surface area contributed by atoms with Crippen molar-refractivity contribution in [3.8, 4) is 0 Å². The molecular weight excluding hydrogens is 385 g/mol. The van der Waals surface area contributed by atoms with Crippen LogP contribution in [0.2, 0.25) is 10.0 Å². The molecule has 2 aromatic rings. The molecule has 0 N–H and O–H groups in total. The zero-order valence-electron chi connectivity index (χ0n) is 13.1. The molecule has 0 saturated carbocycles. The molecule has 3 rings (SSSR count). The molecule has 0 aliphatic carbocycles. The summed E-state index contributed by atoms with van der Waals surface area (Å²) in [4.78, 5) is 18.0. The SMILES string of the molecule is O=C(c1ccccn1)N1CCN(S(=O)(=O)c2cccc(Cl)c2Cl)CC1. The molecule has 0 radical (unpaired) electrons. The zero-order valence-corrected chi connectivity index (χ0v) is 15.4. The Morgan fingerprint density at radius 2 is 1.72 bits per heavy atom. The summed E-state index contributed by atoms with van der Waals surface area (Å²) in [5.74, 6) is -0.210. The van der Waals surface area contributed by atoms with Gasteiger partial charge >= 0.3 is 0 Å². The quantitative estimate of drug-likeness (QED) is 0.794. The number of rotatable bonds is 3. The molecule has 1 aliphatic heterocycles. The number of sulfonamides is 1. The fourth-order valence-corrected chi connectivity index (χ4v) is 4.76. The monoisotopic (exact) mass is 399 g/mol. The van der Waals surface area contributed by atoms with Gasteiger partial charge in [0.05, 0.1) is 10.0 Å². The largest absolute Gasteiger partial charge is 0.335 e. The molecule has 0 bridgehead atoms. The molecule has 1 aromatic carbocycles. The van der Waals surface area contributed by atoms with E-state index in [2.05, 4.69) is 4.98 Å². The molecule has 1 fully saturated rings. The van der Waals surface area contributed by atoms with Gasteiger partial charge in [-0.25, -0.2) is 8.42 Å². The van der Waals surface area contributed by atoms with Crippen LogP contribution < -0.4 is 0 Å². The van der Waals surface area contributed by atoms with Crippen LogP contribution in [0.1, 0.15) is 10.5 Å². The lowest BCUT2D eigenvalue weighted by Crippen LogP contribution is -2.50. The molecule has 1 saturated heterocycles. The summed E-state index contributed by atoms with van der Waals surface area (Å²) in [7, 11) is -3.77. The summed E-state index contributed by atoms with van der Waals surface area (Å²) in [6, 6.07) is 9.61. The van der Waals surface area contributed by atoms with Gasteiger partial charge in [0.15, 0.2) is 0 Å². The highest BCUT2D eigenvalue weighted by Gasteiger charge is 2.32. The van der Waals surface area contributed by atoms with Gasteiger partial charge in [0.1, 0.15) is 10.6 Å². The first-order valence-corrected chi connectivity index (χ1v) is 9.75. The lowest BCUT2D eigenvalue weighted by atomic mass is 10.3. The highest BCUT2D eigenvalue weighted by molar-refractivity contribution is 7.89. The normalized spacial score (nSPS) is 16.0. The lowest BCUT2D eigenvalue weighted by molar-refractivity contribution is 0.0692. The maximum atomic E-state index is 12.8. The van der Waals surface area contributed by atoms with E-state index in [4.69, 9.17) is 23.2 Å². The van der Waals surface area contributed by atoms with Crippen molar-refractivity contribution in [1.82, 2.24) is 14.2 Å². The number of hydrogen-bond acceptors (Lipinski definition) is 4. The molecule has 1 amide bonds. The summed E-state index contributed by atoms with van der Waals surface area (Å²) in [5.41, 5.74) is 0.344. The number of carbonyl (C=O) groups excluding carboxylic acids is 1. The minimum absolute atomic E-state index is 0.0103. The maximum absolute atomic E-state index is 12.8. The van der Waals surface area contributed by atoms with Crippen molar-refractivity contribution < 1.29 is 13.2 Å². The molecule has 1 aromatic heterocycles. The second-order valence-electron chi connectivity index (χ2n) is 5.46. The summed E-state index contributed by atoms with van der Waals surface area (Å²) in [5, 5.41) is 0.197. The Morgan fingerprint density at radius 1 is 1.00 bits per heavy atom. The van der Waals surface area contributed by atoms with E-state index in [1.807, 2.05) is 0 Å². The molecule has 0 spiro atoms. The van der Waals surface area contributed by atoms with Gasteiger partial charge in [0, 0.05) is 32.4 Å². The van der Waals surface area contributed by atoms with E-state index in [1.165, 1.54) is 16.4 Å². The van der Waals surface area contributed by atoms with Gasteiger partial charge in [-0.1, -0.05) is 35.3 Å². The Balaban J connectivity index is 1.74. The average molecular weight is 400 g/mol. The smallest absolute Gasteiger partial charge is 0.272 e. The molecular formula is C16H15Cl2N3O3S. The third-order valence-electron chi connectivity index (χ3n) is 3.94. The number of hydrogen-bond donors (Lipinski definition) is 0. The van der Waals surface area contributed by atoms with Crippen molar-refractivity contribution in [3.63, 3.8) is 0 Å². The van der Waals surface area contributed by atoms with Crippen molar-refractivity contribution in [2.24, 2.45) is 0 Å². The summed E-state index contributed by atoms with van der Waals surface area (Å²) >= 11 is 12.0. The van der Waals surface area contributed by atoms with E-state index < -0.39 is 10.0 Å². The predicted octanol–water partition coefficient (Wildman–Crippen LogP) is 2.54. The fourth-order valence-electron chi connectivity index (χ4n) is 2.61. The number of aromatic nitrogens is 1.